The van der Waals surface area contributed by atoms with E-state index in [4.69, 9.17) is 10.3 Å². The topological polar surface area (TPSA) is 80.7 Å². The highest BCUT2D eigenvalue weighted by Crippen LogP contribution is 2.39. The standard InChI is InChI=1S/C12H16N4O/c1-12(6-2-5-9(12)13)11-15-10(16-17-11)8-4-3-7-14-8/h3-4,7,9,14H,2,5-6,13H2,1H3. The molecule has 5 heteroatoms. The van der Waals surface area contributed by atoms with Crippen LogP contribution in [0.1, 0.15) is 32.1 Å². The van der Waals surface area contributed by atoms with Crippen LogP contribution in [0.2, 0.25) is 0 Å². The maximum atomic E-state index is 6.14. The molecule has 1 saturated carbocycles. The lowest BCUT2D eigenvalue weighted by Gasteiger charge is -2.23. The predicted octanol–water partition coefficient (Wildman–Crippen LogP) is 1.83. The van der Waals surface area contributed by atoms with E-state index in [0.717, 1.165) is 25.0 Å². The summed E-state index contributed by atoms with van der Waals surface area (Å²) in [6.45, 7) is 2.11. The fourth-order valence-corrected chi connectivity index (χ4v) is 2.49. The molecule has 0 aliphatic heterocycles. The first kappa shape index (κ1) is 10.5. The van der Waals surface area contributed by atoms with Crippen LogP contribution in [0.25, 0.3) is 11.5 Å². The van der Waals surface area contributed by atoms with Crippen LogP contribution in [0.5, 0.6) is 0 Å². The SMILES string of the molecule is CC1(c2nc(-c3ccc[nH]3)no2)CCCC1N. The molecule has 2 heterocycles. The van der Waals surface area contributed by atoms with Crippen LogP contribution >= 0.6 is 0 Å². The molecule has 5 nitrogen and oxygen atoms in total. The van der Waals surface area contributed by atoms with Gasteiger partial charge in [-0.3, -0.25) is 0 Å². The van der Waals surface area contributed by atoms with Crippen LogP contribution in [0.4, 0.5) is 0 Å². The first-order chi connectivity index (χ1) is 8.20. The van der Waals surface area contributed by atoms with Gasteiger partial charge in [0.15, 0.2) is 0 Å². The number of nitrogens with two attached hydrogens (primary N) is 1. The third kappa shape index (κ3) is 1.58. The van der Waals surface area contributed by atoms with E-state index >= 15 is 0 Å². The van der Waals surface area contributed by atoms with Gasteiger partial charge in [-0.05, 0) is 31.9 Å². The molecule has 90 valence electrons. The van der Waals surface area contributed by atoms with Crippen molar-refractivity contribution in [3.05, 3.63) is 24.2 Å². The predicted molar refractivity (Wildman–Crippen MR) is 63.3 cm³/mol. The van der Waals surface area contributed by atoms with E-state index in [9.17, 15) is 0 Å². The van der Waals surface area contributed by atoms with Crippen molar-refractivity contribution in [1.82, 2.24) is 15.1 Å². The van der Waals surface area contributed by atoms with Crippen molar-refractivity contribution < 1.29 is 4.52 Å². The van der Waals surface area contributed by atoms with Crippen molar-refractivity contribution in [3.8, 4) is 11.5 Å². The van der Waals surface area contributed by atoms with Gasteiger partial charge in [-0.15, -0.1) is 0 Å². The largest absolute Gasteiger partial charge is 0.359 e. The highest BCUT2D eigenvalue weighted by atomic mass is 16.5. The Kier molecular flexibility index (Phi) is 2.29. The molecule has 0 aromatic carbocycles. The average molecular weight is 232 g/mol. The van der Waals surface area contributed by atoms with E-state index < -0.39 is 0 Å². The van der Waals surface area contributed by atoms with Crippen molar-refractivity contribution in [2.75, 3.05) is 0 Å². The zero-order valence-corrected chi connectivity index (χ0v) is 9.81. The van der Waals surface area contributed by atoms with Gasteiger partial charge in [0.25, 0.3) is 0 Å². The molecule has 1 fully saturated rings. The molecule has 0 spiro atoms. The van der Waals surface area contributed by atoms with Gasteiger partial charge in [-0.25, -0.2) is 0 Å². The lowest BCUT2D eigenvalue weighted by Crippen LogP contribution is -2.38. The van der Waals surface area contributed by atoms with E-state index in [1.807, 2.05) is 18.3 Å². The second-order valence-electron chi connectivity index (χ2n) is 4.92. The molecular weight excluding hydrogens is 216 g/mol. The molecule has 17 heavy (non-hydrogen) atoms. The van der Waals surface area contributed by atoms with E-state index in [2.05, 4.69) is 22.0 Å². The van der Waals surface area contributed by atoms with Crippen molar-refractivity contribution in [3.63, 3.8) is 0 Å². The molecular formula is C12H16N4O. The average Bonchev–Trinajstić information content (AvgIpc) is 3.01. The molecule has 0 bridgehead atoms. The number of rotatable bonds is 2. The maximum Gasteiger partial charge on any atom is 0.234 e. The van der Waals surface area contributed by atoms with Gasteiger partial charge < -0.3 is 15.2 Å². The van der Waals surface area contributed by atoms with Crippen molar-refractivity contribution >= 4 is 0 Å². The maximum absolute atomic E-state index is 6.14. The minimum Gasteiger partial charge on any atom is -0.359 e. The van der Waals surface area contributed by atoms with Crippen LogP contribution in [0.15, 0.2) is 22.9 Å². The quantitative estimate of drug-likeness (QED) is 0.827. The number of hydrogen-bond acceptors (Lipinski definition) is 4. The Morgan fingerprint density at radius 3 is 3.12 bits per heavy atom. The second kappa shape index (κ2) is 3.70. The zero-order chi connectivity index (χ0) is 11.9. The molecule has 2 unspecified atom stereocenters. The normalized spacial score (nSPS) is 28.7. The lowest BCUT2D eigenvalue weighted by atomic mass is 9.85. The molecule has 0 amide bonds. The summed E-state index contributed by atoms with van der Waals surface area (Å²) in [5.74, 6) is 1.26. The molecule has 1 aliphatic rings. The number of hydrogen-bond donors (Lipinski definition) is 2. The smallest absolute Gasteiger partial charge is 0.234 e. The van der Waals surface area contributed by atoms with Gasteiger partial charge in [0, 0.05) is 12.2 Å². The van der Waals surface area contributed by atoms with E-state index in [1.165, 1.54) is 0 Å². The third-order valence-corrected chi connectivity index (χ3v) is 3.78. The Balaban J connectivity index is 1.95. The van der Waals surface area contributed by atoms with Crippen LogP contribution in [0, 0.1) is 0 Å². The fraction of sp³-hybridized carbons (Fsp3) is 0.500. The third-order valence-electron chi connectivity index (χ3n) is 3.78. The Morgan fingerprint density at radius 1 is 1.59 bits per heavy atom. The summed E-state index contributed by atoms with van der Waals surface area (Å²) in [6.07, 6.45) is 5.00. The first-order valence-electron chi connectivity index (χ1n) is 5.94. The summed E-state index contributed by atoms with van der Waals surface area (Å²) in [4.78, 5) is 7.53. The van der Waals surface area contributed by atoms with E-state index in [-0.39, 0.29) is 11.5 Å². The molecule has 2 aromatic heterocycles. The molecule has 0 radical (unpaired) electrons. The van der Waals surface area contributed by atoms with Gasteiger partial charge in [-0.2, -0.15) is 4.98 Å². The summed E-state index contributed by atoms with van der Waals surface area (Å²) in [6, 6.07) is 3.94. The van der Waals surface area contributed by atoms with Crippen molar-refractivity contribution in [1.29, 1.82) is 0 Å². The molecule has 1 aliphatic carbocycles. The zero-order valence-electron chi connectivity index (χ0n) is 9.81. The lowest BCUT2D eigenvalue weighted by molar-refractivity contribution is 0.278. The number of aromatic amines is 1. The molecule has 3 N–H and O–H groups in total. The minimum atomic E-state index is -0.169. The molecule has 2 atom stereocenters. The van der Waals surface area contributed by atoms with Crippen LogP contribution < -0.4 is 5.73 Å². The summed E-state index contributed by atoms with van der Waals surface area (Å²) in [5, 5.41) is 4.01. The Labute approximate surface area is 99.4 Å². The van der Waals surface area contributed by atoms with Crippen molar-refractivity contribution in [2.45, 2.75) is 37.6 Å². The van der Waals surface area contributed by atoms with Crippen molar-refractivity contribution in [2.24, 2.45) is 5.73 Å². The summed E-state index contributed by atoms with van der Waals surface area (Å²) >= 11 is 0. The summed E-state index contributed by atoms with van der Waals surface area (Å²) < 4.78 is 5.38. The summed E-state index contributed by atoms with van der Waals surface area (Å²) in [7, 11) is 0. The summed E-state index contributed by atoms with van der Waals surface area (Å²) in [5.41, 5.74) is 6.84. The van der Waals surface area contributed by atoms with Crippen LogP contribution in [0.3, 0.4) is 0 Å². The number of H-pyrrole nitrogens is 1. The second-order valence-corrected chi connectivity index (χ2v) is 4.92. The Hall–Kier alpha value is -1.62. The van der Waals surface area contributed by atoms with Gasteiger partial charge in [0.1, 0.15) is 0 Å². The van der Waals surface area contributed by atoms with Gasteiger partial charge in [-0.1, -0.05) is 11.6 Å². The van der Waals surface area contributed by atoms with Gasteiger partial charge in [0.05, 0.1) is 11.1 Å². The fourth-order valence-electron chi connectivity index (χ4n) is 2.49. The highest BCUT2D eigenvalue weighted by Gasteiger charge is 2.42. The number of nitrogens with zero attached hydrogens (tertiary/aromatic N) is 2. The highest BCUT2D eigenvalue weighted by molar-refractivity contribution is 5.48. The van der Waals surface area contributed by atoms with Crippen LogP contribution in [-0.4, -0.2) is 21.2 Å². The van der Waals surface area contributed by atoms with Crippen LogP contribution in [-0.2, 0) is 5.41 Å². The number of nitrogens with one attached hydrogen (secondary N) is 1. The monoisotopic (exact) mass is 232 g/mol. The first-order valence-corrected chi connectivity index (χ1v) is 5.94. The Bertz CT molecular complexity index is 504. The molecule has 3 rings (SSSR count). The van der Waals surface area contributed by atoms with Gasteiger partial charge in [0.2, 0.25) is 11.7 Å². The molecule has 0 saturated heterocycles. The van der Waals surface area contributed by atoms with Gasteiger partial charge >= 0.3 is 0 Å². The number of aromatic nitrogens is 3. The Morgan fingerprint density at radius 2 is 2.47 bits per heavy atom. The van der Waals surface area contributed by atoms with E-state index in [0.29, 0.717) is 11.7 Å². The molecule has 2 aromatic rings. The van der Waals surface area contributed by atoms with E-state index in [1.54, 1.807) is 0 Å². The minimum absolute atomic E-state index is 0.111.